The molecule has 0 aromatic heterocycles. The quantitative estimate of drug-likeness (QED) is 0.103. The highest BCUT2D eigenvalue weighted by molar-refractivity contribution is 5.02. The maximum absolute atomic E-state index is 14.4. The van der Waals surface area contributed by atoms with Crippen molar-refractivity contribution in [2.75, 3.05) is 19.7 Å². The highest BCUT2D eigenvalue weighted by atomic mass is 19.1. The molecule has 5 fully saturated rings. The van der Waals surface area contributed by atoms with Gasteiger partial charge in [-0.1, -0.05) is 0 Å². The predicted molar refractivity (Wildman–Crippen MR) is 175 cm³/mol. The van der Waals surface area contributed by atoms with Gasteiger partial charge in [0.1, 0.15) is 79.5 Å². The Balaban J connectivity index is 0.000000251. The highest BCUT2D eigenvalue weighted by Gasteiger charge is 2.53. The molecule has 5 rings (SSSR count). The number of hydrogen-bond donors (Lipinski definition) is 16. The van der Waals surface area contributed by atoms with Gasteiger partial charge in [-0.05, 0) is 12.8 Å². The smallest absolute Gasteiger partial charge is 0.187 e. The minimum absolute atomic E-state index is 0.117. The van der Waals surface area contributed by atoms with Gasteiger partial charge in [-0.2, -0.15) is 0 Å². The van der Waals surface area contributed by atoms with E-state index < -0.39 is 153 Å². The topological polar surface area (TPSA) is 425 Å². The van der Waals surface area contributed by atoms with Crippen LogP contribution in [0.3, 0.4) is 0 Å². The molecule has 24 N–H and O–H groups in total. The summed E-state index contributed by atoms with van der Waals surface area (Å²) in [5.74, 6) is 0. The molecule has 53 heavy (non-hydrogen) atoms. The van der Waals surface area contributed by atoms with Crippen LogP contribution in [-0.2, 0) is 28.4 Å². The van der Waals surface area contributed by atoms with Crippen molar-refractivity contribution in [3.63, 3.8) is 0 Å². The normalized spacial score (nSPS) is 53.5. The standard InChI is InChI=1S/C17H33FN4O9.C12H25FN4O5/c18-8-9(22)16(28-6(2-19)11(8)25)30-14-5(21)1-4(20)10(24)15(14)31-17-13(27)12(26)7(3-23)29-17;13-6-7(17)12(21-5(2-14)9(6)19)22-11-4(16)1-3(15)8(18)10(11)20/h4-17,23-27H,1-3,19-22H2;3-12,18-20H,1-2,14-17H2/t4-,5+,6-,7-,8+,9-,10+,11-,12-,13-,14-,15-,16-,17+;3-,4+,5-,6+,7-,8+,9-,10-,11-,12-/m11/s1. The average molecular weight is 781 g/mol. The van der Waals surface area contributed by atoms with Gasteiger partial charge in [-0.3, -0.25) is 0 Å². The molecule has 5 aliphatic rings. The van der Waals surface area contributed by atoms with E-state index in [1.807, 2.05) is 0 Å². The number of alkyl halides is 2. The summed E-state index contributed by atoms with van der Waals surface area (Å²) in [6.07, 6.45) is -23.8. The van der Waals surface area contributed by atoms with Crippen LogP contribution in [0.1, 0.15) is 12.8 Å². The van der Waals surface area contributed by atoms with Crippen molar-refractivity contribution >= 4 is 0 Å². The van der Waals surface area contributed by atoms with E-state index in [0.29, 0.717) is 0 Å². The summed E-state index contributed by atoms with van der Waals surface area (Å²) in [6, 6.07) is -5.64. The first-order valence-corrected chi connectivity index (χ1v) is 17.4. The van der Waals surface area contributed by atoms with E-state index in [0.717, 1.165) is 0 Å². The fourth-order valence-corrected chi connectivity index (χ4v) is 7.01. The Labute approximate surface area is 303 Å². The van der Waals surface area contributed by atoms with Crippen LogP contribution in [-0.4, -0.2) is 207 Å². The molecule has 3 aliphatic heterocycles. The molecule has 312 valence electrons. The van der Waals surface area contributed by atoms with Gasteiger partial charge in [0.2, 0.25) is 0 Å². The van der Waals surface area contributed by atoms with E-state index in [2.05, 4.69) is 0 Å². The summed E-state index contributed by atoms with van der Waals surface area (Å²) in [7, 11) is 0. The lowest BCUT2D eigenvalue weighted by Crippen LogP contribution is -2.67. The molecule has 0 bridgehead atoms. The van der Waals surface area contributed by atoms with Crippen LogP contribution in [0.5, 0.6) is 0 Å². The molecule has 24 atom stereocenters. The lowest BCUT2D eigenvalue weighted by Gasteiger charge is -2.46. The van der Waals surface area contributed by atoms with Gasteiger partial charge in [-0.15, -0.1) is 0 Å². The van der Waals surface area contributed by atoms with Crippen molar-refractivity contribution < 1.29 is 78.1 Å². The second kappa shape index (κ2) is 18.9. The van der Waals surface area contributed by atoms with Crippen LogP contribution >= 0.6 is 0 Å². The molecule has 22 nitrogen and oxygen atoms in total. The van der Waals surface area contributed by atoms with Crippen molar-refractivity contribution in [2.45, 2.75) is 160 Å². The Morgan fingerprint density at radius 1 is 0.472 bits per heavy atom. The summed E-state index contributed by atoms with van der Waals surface area (Å²) in [4.78, 5) is 0. The van der Waals surface area contributed by atoms with Crippen LogP contribution in [0.4, 0.5) is 8.78 Å². The lowest BCUT2D eigenvalue weighted by atomic mass is 9.84. The number of halogens is 2. The number of hydrogen-bond acceptors (Lipinski definition) is 22. The molecular formula is C29H58F2N8O14. The van der Waals surface area contributed by atoms with Gasteiger partial charge in [0, 0.05) is 37.3 Å². The fourth-order valence-electron chi connectivity index (χ4n) is 7.01. The largest absolute Gasteiger partial charge is 0.394 e. The predicted octanol–water partition coefficient (Wildman–Crippen LogP) is -9.81. The molecule has 0 amide bonds. The highest BCUT2D eigenvalue weighted by Crippen LogP contribution is 2.33. The van der Waals surface area contributed by atoms with E-state index in [-0.39, 0.29) is 25.9 Å². The molecule has 0 radical (unpaired) electrons. The maximum atomic E-state index is 14.4. The molecule has 2 saturated carbocycles. The molecule has 0 aromatic carbocycles. The van der Waals surface area contributed by atoms with Crippen LogP contribution < -0.4 is 45.9 Å². The van der Waals surface area contributed by atoms with Crippen molar-refractivity contribution in [2.24, 2.45) is 45.9 Å². The monoisotopic (exact) mass is 780 g/mol. The fraction of sp³-hybridized carbons (Fsp3) is 1.00. The zero-order chi connectivity index (χ0) is 39.6. The first-order valence-electron chi connectivity index (χ1n) is 17.4. The zero-order valence-corrected chi connectivity index (χ0v) is 28.8. The van der Waals surface area contributed by atoms with Gasteiger partial charge in [-0.25, -0.2) is 8.78 Å². The molecule has 0 spiro atoms. The van der Waals surface area contributed by atoms with Crippen LogP contribution in [0.15, 0.2) is 0 Å². The SMILES string of the molecule is NC[C@H]1O[C@H](O[C@H]2[C@H](O)[C@@H](O)[C@H](N)C[C@@H]2N)[C@H](N)[C@H](F)[C@@H]1O.NC[C@H]1O[C@H](O[C@H]2[C@H](O[C@@H]3O[C@H](CO)[C@@H](O)[C@H]3O)[C@@H](O)[C@H](N)C[C@@H]2N)[C@H](N)[C@H](F)[C@@H]1O. The summed E-state index contributed by atoms with van der Waals surface area (Å²) in [5.41, 5.74) is 46.0. The van der Waals surface area contributed by atoms with Gasteiger partial charge < -0.3 is 115 Å². The van der Waals surface area contributed by atoms with E-state index in [9.17, 15) is 49.6 Å². The molecule has 3 saturated heterocycles. The second-order valence-electron chi connectivity index (χ2n) is 14.2. The number of aliphatic hydroxyl groups is 8. The van der Waals surface area contributed by atoms with E-state index >= 15 is 0 Å². The summed E-state index contributed by atoms with van der Waals surface area (Å²) >= 11 is 0. The number of ether oxygens (including phenoxy) is 6. The maximum Gasteiger partial charge on any atom is 0.187 e. The van der Waals surface area contributed by atoms with Crippen LogP contribution in [0.2, 0.25) is 0 Å². The first-order chi connectivity index (χ1) is 24.9. The number of rotatable bonds is 9. The van der Waals surface area contributed by atoms with E-state index in [4.69, 9.17) is 74.3 Å². The van der Waals surface area contributed by atoms with Gasteiger partial charge in [0.15, 0.2) is 18.9 Å². The Kier molecular flexibility index (Phi) is 16.0. The zero-order valence-electron chi connectivity index (χ0n) is 28.8. The van der Waals surface area contributed by atoms with Crippen LogP contribution in [0.25, 0.3) is 0 Å². The van der Waals surface area contributed by atoms with Gasteiger partial charge in [0.05, 0.1) is 30.9 Å². The van der Waals surface area contributed by atoms with Crippen molar-refractivity contribution in [3.8, 4) is 0 Å². The summed E-state index contributed by atoms with van der Waals surface area (Å²) in [5, 5.41) is 79.3. The van der Waals surface area contributed by atoms with Gasteiger partial charge in [0.25, 0.3) is 0 Å². The lowest BCUT2D eigenvalue weighted by molar-refractivity contribution is -0.302. The summed E-state index contributed by atoms with van der Waals surface area (Å²) in [6.45, 7) is -0.891. The molecule has 0 unspecified atom stereocenters. The Hall–Kier alpha value is -1.02. The van der Waals surface area contributed by atoms with Crippen LogP contribution in [0, 0.1) is 0 Å². The van der Waals surface area contributed by atoms with Gasteiger partial charge >= 0.3 is 0 Å². The minimum Gasteiger partial charge on any atom is -0.394 e. The second-order valence-corrected chi connectivity index (χ2v) is 14.2. The van der Waals surface area contributed by atoms with E-state index in [1.165, 1.54) is 0 Å². The van der Waals surface area contributed by atoms with Crippen molar-refractivity contribution in [1.82, 2.24) is 0 Å². The average Bonchev–Trinajstić information content (AvgIpc) is 3.40. The third-order valence-electron chi connectivity index (χ3n) is 10.4. The summed E-state index contributed by atoms with van der Waals surface area (Å²) < 4.78 is 61.5. The molecular weight excluding hydrogens is 722 g/mol. The Morgan fingerprint density at radius 3 is 1.34 bits per heavy atom. The number of nitrogens with two attached hydrogens (primary N) is 8. The number of aliphatic hydroxyl groups excluding tert-OH is 8. The molecule has 24 heteroatoms. The molecule has 0 aromatic rings. The van der Waals surface area contributed by atoms with E-state index in [1.54, 1.807) is 0 Å². The van der Waals surface area contributed by atoms with Crippen molar-refractivity contribution in [3.05, 3.63) is 0 Å². The third kappa shape index (κ3) is 9.58. The van der Waals surface area contributed by atoms with Crippen molar-refractivity contribution in [1.29, 1.82) is 0 Å². The molecule has 2 aliphatic carbocycles. The Bertz CT molecular complexity index is 1140. The minimum atomic E-state index is -1.89. The third-order valence-corrected chi connectivity index (χ3v) is 10.4. The first kappa shape index (κ1) is 44.7. The Morgan fingerprint density at radius 2 is 0.887 bits per heavy atom. The molecule has 3 heterocycles.